The van der Waals surface area contributed by atoms with Gasteiger partial charge < -0.3 is 15.0 Å². The maximum atomic E-state index is 6.25. The van der Waals surface area contributed by atoms with Crippen LogP contribution in [0.5, 0.6) is 11.5 Å². The van der Waals surface area contributed by atoms with Crippen LogP contribution >= 0.6 is 23.8 Å². The Balaban J connectivity index is 1.91. The van der Waals surface area contributed by atoms with Gasteiger partial charge in [0.15, 0.2) is 5.75 Å². The molecule has 2 aromatic rings. The summed E-state index contributed by atoms with van der Waals surface area (Å²) in [4.78, 5) is 2.40. The number of hydrogen-bond donors (Lipinski definition) is 1. The summed E-state index contributed by atoms with van der Waals surface area (Å²) in [6.45, 7) is 0.977. The van der Waals surface area contributed by atoms with Crippen LogP contribution in [0.3, 0.4) is 0 Å². The predicted octanol–water partition coefficient (Wildman–Crippen LogP) is 4.70. The molecule has 4 rings (SSSR count). The lowest BCUT2D eigenvalue weighted by Gasteiger charge is -2.42. The number of rotatable bonds is 2. The van der Waals surface area contributed by atoms with Crippen molar-refractivity contribution in [1.82, 2.24) is 5.32 Å². The quantitative estimate of drug-likeness (QED) is 0.798. The molecular weight excluding hydrogens is 328 g/mol. The number of anilines is 1. The predicted molar refractivity (Wildman–Crippen MR) is 97.9 cm³/mol. The SMILES string of the molecule is S=CN[C@H]1CCCN2c3cc(Cl)ccc3Oc3ccccc3[C@@H]12. The number of fused-ring (bicyclic) bond motifs is 5. The van der Waals surface area contributed by atoms with E-state index in [0.717, 1.165) is 41.6 Å². The fraction of sp³-hybridized carbons (Fsp3) is 0.278. The number of para-hydroxylation sites is 1. The van der Waals surface area contributed by atoms with E-state index >= 15 is 0 Å². The van der Waals surface area contributed by atoms with Crippen molar-refractivity contribution in [2.24, 2.45) is 0 Å². The normalized spacial score (nSPS) is 22.0. The van der Waals surface area contributed by atoms with E-state index in [4.69, 9.17) is 28.6 Å². The second kappa shape index (κ2) is 6.02. The molecule has 118 valence electrons. The zero-order valence-corrected chi connectivity index (χ0v) is 14.1. The zero-order chi connectivity index (χ0) is 15.8. The summed E-state index contributed by atoms with van der Waals surface area (Å²) in [6, 6.07) is 14.5. The summed E-state index contributed by atoms with van der Waals surface area (Å²) in [7, 11) is 0. The number of ether oxygens (including phenoxy) is 1. The molecule has 0 saturated carbocycles. The molecule has 23 heavy (non-hydrogen) atoms. The standard InChI is InChI=1S/C18H17ClN2OS/c19-12-7-8-17-15(10-12)21-9-3-5-14(20-11-23)18(21)13-4-1-2-6-16(13)22-17/h1-2,4,6-8,10-11,14,18H,3,5,9H2,(H,20,23)/t14-,18-/m0/s1. The van der Waals surface area contributed by atoms with Gasteiger partial charge in [0.05, 0.1) is 23.3 Å². The van der Waals surface area contributed by atoms with Crippen molar-refractivity contribution in [3.63, 3.8) is 0 Å². The van der Waals surface area contributed by atoms with Crippen molar-refractivity contribution in [3.8, 4) is 11.5 Å². The number of piperidine rings is 1. The van der Waals surface area contributed by atoms with Crippen molar-refractivity contribution < 1.29 is 4.74 Å². The molecule has 0 aliphatic carbocycles. The molecule has 1 saturated heterocycles. The summed E-state index contributed by atoms with van der Waals surface area (Å²) < 4.78 is 6.21. The van der Waals surface area contributed by atoms with E-state index in [1.807, 2.05) is 30.3 Å². The van der Waals surface area contributed by atoms with Gasteiger partial charge in [-0.15, -0.1) is 0 Å². The summed E-state index contributed by atoms with van der Waals surface area (Å²) in [5.41, 5.74) is 3.87. The van der Waals surface area contributed by atoms with E-state index in [-0.39, 0.29) is 12.1 Å². The third-order valence-corrected chi connectivity index (χ3v) is 4.97. The van der Waals surface area contributed by atoms with Crippen LogP contribution in [0.2, 0.25) is 5.02 Å². The lowest BCUT2D eigenvalue weighted by atomic mass is 9.89. The van der Waals surface area contributed by atoms with E-state index in [0.29, 0.717) is 0 Å². The smallest absolute Gasteiger partial charge is 0.150 e. The highest BCUT2D eigenvalue weighted by Gasteiger charge is 2.37. The lowest BCUT2D eigenvalue weighted by Crippen LogP contribution is -2.47. The molecule has 0 unspecified atom stereocenters. The summed E-state index contributed by atoms with van der Waals surface area (Å²) in [5.74, 6) is 1.76. The van der Waals surface area contributed by atoms with Crippen molar-refractivity contribution in [2.45, 2.75) is 24.9 Å². The minimum absolute atomic E-state index is 0.180. The molecule has 1 N–H and O–H groups in total. The molecule has 0 bridgehead atoms. The van der Waals surface area contributed by atoms with Gasteiger partial charge in [-0.2, -0.15) is 0 Å². The Labute approximate surface area is 146 Å². The van der Waals surface area contributed by atoms with Gasteiger partial charge in [-0.1, -0.05) is 42.0 Å². The minimum atomic E-state index is 0.180. The Hall–Kier alpha value is -1.78. The first-order valence-electron chi connectivity index (χ1n) is 7.80. The first-order chi connectivity index (χ1) is 11.3. The van der Waals surface area contributed by atoms with Gasteiger partial charge in [0, 0.05) is 17.1 Å². The fourth-order valence-corrected chi connectivity index (χ4v) is 3.99. The molecule has 3 nitrogen and oxygen atoms in total. The van der Waals surface area contributed by atoms with E-state index in [1.165, 1.54) is 5.56 Å². The van der Waals surface area contributed by atoms with Gasteiger partial charge in [0.25, 0.3) is 0 Å². The van der Waals surface area contributed by atoms with Crippen LogP contribution < -0.4 is 15.0 Å². The highest BCUT2D eigenvalue weighted by molar-refractivity contribution is 7.78. The largest absolute Gasteiger partial charge is 0.455 e. The lowest BCUT2D eigenvalue weighted by molar-refractivity contribution is 0.385. The second-order valence-electron chi connectivity index (χ2n) is 5.92. The topological polar surface area (TPSA) is 24.5 Å². The van der Waals surface area contributed by atoms with E-state index in [1.54, 1.807) is 5.49 Å². The van der Waals surface area contributed by atoms with Gasteiger partial charge in [-0.3, -0.25) is 0 Å². The summed E-state index contributed by atoms with van der Waals surface area (Å²) >= 11 is 11.3. The third-order valence-electron chi connectivity index (χ3n) is 4.60. The highest BCUT2D eigenvalue weighted by Crippen LogP contribution is 2.48. The van der Waals surface area contributed by atoms with E-state index in [2.05, 4.69) is 22.3 Å². The number of nitrogens with zero attached hydrogens (tertiary/aromatic N) is 1. The van der Waals surface area contributed by atoms with Crippen LogP contribution in [0.4, 0.5) is 5.69 Å². The highest BCUT2D eigenvalue weighted by atomic mass is 35.5. The molecule has 1 fully saturated rings. The number of nitrogens with one attached hydrogen (secondary N) is 1. The zero-order valence-electron chi connectivity index (χ0n) is 12.5. The minimum Gasteiger partial charge on any atom is -0.455 e. The molecule has 2 heterocycles. The molecule has 0 spiro atoms. The van der Waals surface area contributed by atoms with Gasteiger partial charge in [0.1, 0.15) is 5.75 Å². The second-order valence-corrected chi connectivity index (χ2v) is 6.60. The number of thiocarbonyl (C=S) groups is 1. The van der Waals surface area contributed by atoms with Gasteiger partial charge in [-0.05, 0) is 37.1 Å². The third kappa shape index (κ3) is 2.56. The Bertz CT molecular complexity index is 752. The van der Waals surface area contributed by atoms with Crippen molar-refractivity contribution in [3.05, 3.63) is 53.1 Å². The average Bonchev–Trinajstić information content (AvgIpc) is 2.70. The summed E-state index contributed by atoms with van der Waals surface area (Å²) in [6.07, 6.45) is 2.18. The fourth-order valence-electron chi connectivity index (χ4n) is 3.65. The Morgan fingerprint density at radius 1 is 1.22 bits per heavy atom. The van der Waals surface area contributed by atoms with Crippen LogP contribution in [-0.4, -0.2) is 18.1 Å². The molecule has 0 amide bonds. The van der Waals surface area contributed by atoms with Gasteiger partial charge in [-0.25, -0.2) is 0 Å². The molecule has 2 atom stereocenters. The van der Waals surface area contributed by atoms with Crippen LogP contribution in [0.1, 0.15) is 24.4 Å². The number of benzene rings is 2. The Morgan fingerprint density at radius 2 is 2.09 bits per heavy atom. The van der Waals surface area contributed by atoms with Crippen LogP contribution in [0, 0.1) is 0 Å². The van der Waals surface area contributed by atoms with Crippen LogP contribution in [0.15, 0.2) is 42.5 Å². The molecule has 2 aliphatic heterocycles. The molecule has 2 aromatic carbocycles. The Morgan fingerprint density at radius 3 is 2.96 bits per heavy atom. The molecule has 0 aromatic heterocycles. The monoisotopic (exact) mass is 344 g/mol. The van der Waals surface area contributed by atoms with Crippen molar-refractivity contribution >= 4 is 35.0 Å². The van der Waals surface area contributed by atoms with Gasteiger partial charge in [0.2, 0.25) is 0 Å². The number of halogens is 1. The Kier molecular flexibility index (Phi) is 3.87. The first kappa shape index (κ1) is 14.8. The summed E-state index contributed by atoms with van der Waals surface area (Å²) in [5, 5.41) is 4.08. The van der Waals surface area contributed by atoms with Crippen molar-refractivity contribution in [2.75, 3.05) is 11.4 Å². The maximum Gasteiger partial charge on any atom is 0.150 e. The van der Waals surface area contributed by atoms with Crippen molar-refractivity contribution in [1.29, 1.82) is 0 Å². The van der Waals surface area contributed by atoms with E-state index < -0.39 is 0 Å². The van der Waals surface area contributed by atoms with Gasteiger partial charge >= 0.3 is 0 Å². The van der Waals surface area contributed by atoms with Crippen LogP contribution in [0.25, 0.3) is 0 Å². The molecular formula is C18H17ClN2OS. The number of hydrogen-bond acceptors (Lipinski definition) is 3. The molecule has 0 radical (unpaired) electrons. The average molecular weight is 345 g/mol. The molecule has 2 aliphatic rings. The maximum absolute atomic E-state index is 6.25. The van der Waals surface area contributed by atoms with Crippen LogP contribution in [-0.2, 0) is 0 Å². The van der Waals surface area contributed by atoms with E-state index in [9.17, 15) is 0 Å². The first-order valence-corrected chi connectivity index (χ1v) is 8.65. The molecule has 5 heteroatoms.